The molecule has 0 spiro atoms. The van der Waals surface area contributed by atoms with Crippen molar-refractivity contribution in [3.05, 3.63) is 17.8 Å². The van der Waals surface area contributed by atoms with Gasteiger partial charge < -0.3 is 9.80 Å². The number of rotatable bonds is 2. The summed E-state index contributed by atoms with van der Waals surface area (Å²) < 4.78 is 39.0. The first kappa shape index (κ1) is 17.0. The number of carbonyl (C=O) groups is 1. The van der Waals surface area contributed by atoms with E-state index < -0.39 is 11.7 Å². The Labute approximate surface area is 139 Å². The molecule has 0 saturated carbocycles. The summed E-state index contributed by atoms with van der Waals surface area (Å²) in [5.74, 6) is 1.31. The highest BCUT2D eigenvalue weighted by Crippen LogP contribution is 2.42. The zero-order valence-corrected chi connectivity index (χ0v) is 14.1. The van der Waals surface area contributed by atoms with Crippen molar-refractivity contribution in [3.63, 3.8) is 0 Å². The number of hydrogen-bond donors (Lipinski definition) is 0. The molecule has 132 valence electrons. The van der Waals surface area contributed by atoms with Crippen LogP contribution < -0.4 is 9.80 Å². The zero-order valence-electron chi connectivity index (χ0n) is 14.1. The molecule has 2 atom stereocenters. The maximum atomic E-state index is 13.0. The van der Waals surface area contributed by atoms with Gasteiger partial charge in [-0.3, -0.25) is 4.79 Å². The quantitative estimate of drug-likeness (QED) is 0.823. The molecule has 1 aromatic heterocycles. The summed E-state index contributed by atoms with van der Waals surface area (Å²) in [6, 6.07) is 0.733. The van der Waals surface area contributed by atoms with Crippen molar-refractivity contribution in [2.24, 2.45) is 11.8 Å². The molecule has 7 heteroatoms. The maximum Gasteiger partial charge on any atom is 0.417 e. The summed E-state index contributed by atoms with van der Waals surface area (Å²) in [5.41, 5.74) is -0.542. The second-order valence-corrected chi connectivity index (χ2v) is 6.88. The van der Waals surface area contributed by atoms with Crippen LogP contribution in [0.3, 0.4) is 0 Å². The van der Waals surface area contributed by atoms with Crippen LogP contribution in [0.2, 0.25) is 0 Å². The Hall–Kier alpha value is -1.79. The predicted molar refractivity (Wildman–Crippen MR) is 86.0 cm³/mol. The van der Waals surface area contributed by atoms with Crippen LogP contribution in [0, 0.1) is 11.8 Å². The topological polar surface area (TPSA) is 36.4 Å². The van der Waals surface area contributed by atoms with E-state index in [1.54, 1.807) is 6.92 Å². The average molecular weight is 341 g/mol. The van der Waals surface area contributed by atoms with E-state index in [9.17, 15) is 18.0 Å². The minimum absolute atomic E-state index is 0.114. The lowest BCUT2D eigenvalue weighted by atomic mass is 9.81. The van der Waals surface area contributed by atoms with Gasteiger partial charge in [0.2, 0.25) is 5.91 Å². The minimum atomic E-state index is -4.47. The number of anilines is 2. The number of halogens is 3. The smallest absolute Gasteiger partial charge is 0.343 e. The number of carbonyl (C=O) groups excluding carboxylic acids is 1. The van der Waals surface area contributed by atoms with Crippen molar-refractivity contribution in [2.45, 2.75) is 45.8 Å². The van der Waals surface area contributed by atoms with Gasteiger partial charge in [0.25, 0.3) is 0 Å². The summed E-state index contributed by atoms with van der Waals surface area (Å²) in [6.45, 7) is 7.06. The molecule has 24 heavy (non-hydrogen) atoms. The van der Waals surface area contributed by atoms with Gasteiger partial charge in [0, 0.05) is 19.3 Å². The number of nitrogens with zero attached hydrogens (tertiary/aromatic N) is 3. The third-order valence-corrected chi connectivity index (χ3v) is 5.19. The second-order valence-electron chi connectivity index (χ2n) is 6.88. The Morgan fingerprint density at radius 3 is 2.67 bits per heavy atom. The minimum Gasteiger partial charge on any atom is -0.343 e. The van der Waals surface area contributed by atoms with E-state index in [1.165, 1.54) is 4.90 Å². The monoisotopic (exact) mass is 341 g/mol. The van der Waals surface area contributed by atoms with Crippen LogP contribution in [-0.2, 0) is 11.0 Å². The molecule has 0 radical (unpaired) electrons. The molecule has 2 unspecified atom stereocenters. The first-order valence-electron chi connectivity index (χ1n) is 8.39. The van der Waals surface area contributed by atoms with E-state index in [2.05, 4.69) is 18.8 Å². The highest BCUT2D eigenvalue weighted by atomic mass is 19.4. The van der Waals surface area contributed by atoms with Crippen molar-refractivity contribution >= 4 is 17.4 Å². The molecule has 4 nitrogen and oxygen atoms in total. The van der Waals surface area contributed by atoms with Gasteiger partial charge in [0.15, 0.2) is 5.82 Å². The molecule has 0 aliphatic carbocycles. The second kappa shape index (κ2) is 5.93. The van der Waals surface area contributed by atoms with Gasteiger partial charge in [0.05, 0.1) is 11.3 Å². The number of amides is 1. The molecule has 1 fully saturated rings. The Morgan fingerprint density at radius 2 is 2.08 bits per heavy atom. The lowest BCUT2D eigenvalue weighted by Gasteiger charge is -2.47. The first-order chi connectivity index (χ1) is 11.2. The maximum absolute atomic E-state index is 13.0. The summed E-state index contributed by atoms with van der Waals surface area (Å²) in [5, 5.41) is 0. The lowest BCUT2D eigenvalue weighted by molar-refractivity contribution is -0.138. The van der Waals surface area contributed by atoms with E-state index in [0.29, 0.717) is 30.7 Å². The van der Waals surface area contributed by atoms with Gasteiger partial charge in [-0.15, -0.1) is 0 Å². The molecule has 0 aromatic carbocycles. The summed E-state index contributed by atoms with van der Waals surface area (Å²) >= 11 is 0. The van der Waals surface area contributed by atoms with E-state index >= 15 is 0 Å². The highest BCUT2D eigenvalue weighted by Gasteiger charge is 2.44. The van der Waals surface area contributed by atoms with Crippen molar-refractivity contribution in [1.82, 2.24) is 4.98 Å². The molecule has 0 N–H and O–H groups in total. The molecule has 3 heterocycles. The zero-order chi connectivity index (χ0) is 17.6. The van der Waals surface area contributed by atoms with Crippen molar-refractivity contribution in [1.29, 1.82) is 0 Å². The van der Waals surface area contributed by atoms with Gasteiger partial charge in [0.1, 0.15) is 6.04 Å². The third-order valence-electron chi connectivity index (χ3n) is 5.19. The number of piperidine rings is 1. The van der Waals surface area contributed by atoms with Crippen LogP contribution >= 0.6 is 0 Å². The standard InChI is InChI=1S/C17H22F3N3O/c1-4-22-13-8-12(17(18,19)20)9-21-15(13)23-6-5-11(10(2)3)7-14(23)16(22)24/h8-11,14H,4-7H2,1-3H3. The molecule has 2 aliphatic rings. The van der Waals surface area contributed by atoms with Crippen LogP contribution in [-0.4, -0.2) is 30.0 Å². The number of hydrogen-bond acceptors (Lipinski definition) is 3. The summed E-state index contributed by atoms with van der Waals surface area (Å²) in [6.07, 6.45) is -1.94. The number of pyridine rings is 1. The Kier molecular flexibility index (Phi) is 4.21. The molecule has 2 aliphatic heterocycles. The van der Waals surface area contributed by atoms with Crippen LogP contribution in [0.5, 0.6) is 0 Å². The van der Waals surface area contributed by atoms with Crippen molar-refractivity contribution in [2.75, 3.05) is 22.9 Å². The third kappa shape index (κ3) is 2.74. The van der Waals surface area contributed by atoms with Crippen LogP contribution in [0.4, 0.5) is 24.7 Å². The summed E-state index contributed by atoms with van der Waals surface area (Å²) in [4.78, 5) is 20.3. The number of fused-ring (bicyclic) bond motifs is 3. The van der Waals surface area contributed by atoms with Gasteiger partial charge >= 0.3 is 6.18 Å². The van der Waals surface area contributed by atoms with Gasteiger partial charge in [-0.1, -0.05) is 13.8 Å². The lowest BCUT2D eigenvalue weighted by Crippen LogP contribution is -2.57. The molecular formula is C17H22F3N3O. The first-order valence-corrected chi connectivity index (χ1v) is 8.39. The average Bonchev–Trinajstić information content (AvgIpc) is 2.53. The van der Waals surface area contributed by atoms with E-state index in [1.807, 2.05) is 4.90 Å². The fourth-order valence-electron chi connectivity index (χ4n) is 3.73. The van der Waals surface area contributed by atoms with E-state index in [4.69, 9.17) is 0 Å². The van der Waals surface area contributed by atoms with Crippen LogP contribution in [0.25, 0.3) is 0 Å². The molecule has 1 saturated heterocycles. The van der Waals surface area contributed by atoms with Crippen LogP contribution in [0.15, 0.2) is 12.3 Å². The Balaban J connectivity index is 2.03. The molecule has 0 bridgehead atoms. The number of likely N-dealkylation sites (N-methyl/N-ethyl adjacent to an activating group) is 1. The SMILES string of the molecule is CCN1C(=O)C2CC(C(C)C)CCN2c2ncc(C(F)(F)F)cc21. The van der Waals surface area contributed by atoms with Gasteiger partial charge in [-0.05, 0) is 37.7 Å². The summed E-state index contributed by atoms with van der Waals surface area (Å²) in [7, 11) is 0. The molecular weight excluding hydrogens is 319 g/mol. The van der Waals surface area contributed by atoms with E-state index in [0.717, 1.165) is 25.1 Å². The fourth-order valence-corrected chi connectivity index (χ4v) is 3.73. The van der Waals surface area contributed by atoms with Crippen LogP contribution in [0.1, 0.15) is 39.2 Å². The highest BCUT2D eigenvalue weighted by molar-refractivity contribution is 6.05. The molecule has 3 rings (SSSR count). The number of aromatic nitrogens is 1. The Bertz CT molecular complexity index is 644. The number of alkyl halides is 3. The molecule has 1 amide bonds. The van der Waals surface area contributed by atoms with Crippen molar-refractivity contribution in [3.8, 4) is 0 Å². The normalized spacial score (nSPS) is 24.2. The Morgan fingerprint density at radius 1 is 1.38 bits per heavy atom. The van der Waals surface area contributed by atoms with E-state index in [-0.39, 0.29) is 17.6 Å². The van der Waals surface area contributed by atoms with Gasteiger partial charge in [-0.2, -0.15) is 13.2 Å². The van der Waals surface area contributed by atoms with Gasteiger partial charge in [-0.25, -0.2) is 4.98 Å². The predicted octanol–water partition coefficient (Wildman–Crippen LogP) is 3.71. The van der Waals surface area contributed by atoms with Crippen molar-refractivity contribution < 1.29 is 18.0 Å². The molecule has 1 aromatic rings. The largest absolute Gasteiger partial charge is 0.417 e. The fraction of sp³-hybridized carbons (Fsp3) is 0.647.